The number of rotatable bonds is 6. The van der Waals surface area contributed by atoms with Crippen molar-refractivity contribution in [2.75, 3.05) is 32.7 Å². The van der Waals surface area contributed by atoms with Crippen LogP contribution < -0.4 is 0 Å². The quantitative estimate of drug-likeness (QED) is 0.557. The molecule has 1 aromatic heterocycles. The van der Waals surface area contributed by atoms with E-state index in [0.717, 1.165) is 23.9 Å². The maximum Gasteiger partial charge on any atom is 0.253 e. The standard InChI is InChI=1S/C25H25FN4O2/c26-20-9-7-19(8-10-20)25(32)29-14-4-12-28(15-16-29)18-24(31)22-17-30(13-3-11-27)23-6-2-1-5-21(22)23/h1-2,5-10,17H,3-4,12-16,18H2. The van der Waals surface area contributed by atoms with Crippen molar-refractivity contribution in [1.82, 2.24) is 14.4 Å². The highest BCUT2D eigenvalue weighted by atomic mass is 19.1. The predicted octanol–water partition coefficient (Wildman–Crippen LogP) is 3.72. The molecule has 0 saturated carbocycles. The maximum absolute atomic E-state index is 13.2. The van der Waals surface area contributed by atoms with E-state index in [1.54, 1.807) is 4.90 Å². The zero-order valence-electron chi connectivity index (χ0n) is 17.8. The SMILES string of the molecule is N#CCCn1cc(C(=O)CN2CCCN(C(=O)c3ccc(F)cc3)CC2)c2ccccc21. The molecule has 1 amide bonds. The summed E-state index contributed by atoms with van der Waals surface area (Å²) in [6.45, 7) is 3.29. The molecule has 3 aromatic rings. The second kappa shape index (κ2) is 9.75. The topological polar surface area (TPSA) is 69.3 Å². The predicted molar refractivity (Wildman–Crippen MR) is 120 cm³/mol. The van der Waals surface area contributed by atoms with Gasteiger partial charge in [0.05, 0.1) is 19.0 Å². The number of para-hydroxylation sites is 1. The van der Waals surface area contributed by atoms with Gasteiger partial charge in [-0.15, -0.1) is 0 Å². The van der Waals surface area contributed by atoms with E-state index in [4.69, 9.17) is 5.26 Å². The third-order valence-corrected chi connectivity index (χ3v) is 5.89. The van der Waals surface area contributed by atoms with E-state index >= 15 is 0 Å². The van der Waals surface area contributed by atoms with Crippen LogP contribution in [0.3, 0.4) is 0 Å². The first-order valence-electron chi connectivity index (χ1n) is 10.8. The van der Waals surface area contributed by atoms with Crippen LogP contribution in [0, 0.1) is 17.1 Å². The molecule has 0 aliphatic carbocycles. The summed E-state index contributed by atoms with van der Waals surface area (Å²) < 4.78 is 15.1. The lowest BCUT2D eigenvalue weighted by Crippen LogP contribution is -2.36. The largest absolute Gasteiger partial charge is 0.346 e. The molecule has 0 bridgehead atoms. The lowest BCUT2D eigenvalue weighted by Gasteiger charge is -2.21. The number of halogens is 1. The van der Waals surface area contributed by atoms with E-state index in [0.29, 0.717) is 43.7 Å². The second-order valence-electron chi connectivity index (χ2n) is 8.01. The Morgan fingerprint density at radius 3 is 2.56 bits per heavy atom. The van der Waals surface area contributed by atoms with E-state index in [2.05, 4.69) is 11.0 Å². The molecule has 1 aliphatic heterocycles. The first kappa shape index (κ1) is 21.7. The summed E-state index contributed by atoms with van der Waals surface area (Å²) in [6, 6.07) is 15.5. The minimum atomic E-state index is -0.365. The fourth-order valence-electron chi connectivity index (χ4n) is 4.22. The van der Waals surface area contributed by atoms with E-state index in [9.17, 15) is 14.0 Å². The summed E-state index contributed by atoms with van der Waals surface area (Å²) in [5.74, 6) is -0.440. The van der Waals surface area contributed by atoms with Gasteiger partial charge in [-0.3, -0.25) is 14.5 Å². The first-order chi connectivity index (χ1) is 15.6. The van der Waals surface area contributed by atoms with Gasteiger partial charge in [-0.1, -0.05) is 18.2 Å². The average Bonchev–Trinajstić information content (AvgIpc) is 3.02. The number of hydrogen-bond donors (Lipinski definition) is 0. The number of nitriles is 1. The highest BCUT2D eigenvalue weighted by molar-refractivity contribution is 6.09. The summed E-state index contributed by atoms with van der Waals surface area (Å²) >= 11 is 0. The number of aromatic nitrogens is 1. The fourth-order valence-corrected chi connectivity index (χ4v) is 4.22. The van der Waals surface area contributed by atoms with Crippen LogP contribution in [0.1, 0.15) is 33.6 Å². The summed E-state index contributed by atoms with van der Waals surface area (Å²) in [7, 11) is 0. The number of amides is 1. The van der Waals surface area contributed by atoms with Gasteiger partial charge in [0.2, 0.25) is 0 Å². The van der Waals surface area contributed by atoms with Crippen molar-refractivity contribution in [3.8, 4) is 6.07 Å². The molecule has 1 aliphatic rings. The molecule has 7 heteroatoms. The van der Waals surface area contributed by atoms with E-state index < -0.39 is 0 Å². The fraction of sp³-hybridized carbons (Fsp3) is 0.320. The molecule has 0 radical (unpaired) electrons. The number of aryl methyl sites for hydroxylation is 1. The molecule has 6 nitrogen and oxygen atoms in total. The number of benzene rings is 2. The third kappa shape index (κ3) is 4.71. The second-order valence-corrected chi connectivity index (χ2v) is 8.01. The lowest BCUT2D eigenvalue weighted by atomic mass is 10.1. The number of carbonyl (C=O) groups excluding carboxylic acids is 2. The summed E-state index contributed by atoms with van der Waals surface area (Å²) in [6.07, 6.45) is 3.01. The number of fused-ring (bicyclic) bond motifs is 1. The smallest absolute Gasteiger partial charge is 0.253 e. The van der Waals surface area contributed by atoms with Crippen molar-refractivity contribution in [2.45, 2.75) is 19.4 Å². The molecular weight excluding hydrogens is 407 g/mol. The van der Waals surface area contributed by atoms with Crippen molar-refractivity contribution in [3.63, 3.8) is 0 Å². The number of hydrogen-bond acceptors (Lipinski definition) is 4. The molecule has 2 heterocycles. The summed E-state index contributed by atoms with van der Waals surface area (Å²) in [5, 5.41) is 9.82. The minimum absolute atomic E-state index is 0.0372. The average molecular weight is 432 g/mol. The van der Waals surface area contributed by atoms with Gasteiger partial charge in [0.1, 0.15) is 5.82 Å². The number of Topliss-reactive ketones (excluding diaryl/α,β-unsaturated/α-hetero) is 1. The van der Waals surface area contributed by atoms with Crippen LogP contribution in [-0.2, 0) is 6.54 Å². The summed E-state index contributed by atoms with van der Waals surface area (Å²) in [5.41, 5.74) is 2.10. The molecule has 0 spiro atoms. The van der Waals surface area contributed by atoms with Gasteiger partial charge in [0.15, 0.2) is 5.78 Å². The molecule has 2 aromatic carbocycles. The van der Waals surface area contributed by atoms with Gasteiger partial charge in [-0.2, -0.15) is 5.26 Å². The minimum Gasteiger partial charge on any atom is -0.346 e. The Hall–Kier alpha value is -3.50. The number of ketones is 1. The van der Waals surface area contributed by atoms with Crippen LogP contribution in [-0.4, -0.2) is 58.8 Å². The molecule has 0 atom stereocenters. The van der Waals surface area contributed by atoms with Crippen molar-refractivity contribution >= 4 is 22.6 Å². The third-order valence-electron chi connectivity index (χ3n) is 5.89. The molecule has 32 heavy (non-hydrogen) atoms. The Labute approximate surface area is 186 Å². The van der Waals surface area contributed by atoms with Crippen molar-refractivity contribution in [1.29, 1.82) is 5.26 Å². The van der Waals surface area contributed by atoms with Crippen molar-refractivity contribution in [2.24, 2.45) is 0 Å². The van der Waals surface area contributed by atoms with Crippen LogP contribution in [0.25, 0.3) is 10.9 Å². The molecule has 164 valence electrons. The Morgan fingerprint density at radius 2 is 1.78 bits per heavy atom. The van der Waals surface area contributed by atoms with Gasteiger partial charge in [-0.05, 0) is 36.8 Å². The molecular formula is C25H25FN4O2. The van der Waals surface area contributed by atoms with E-state index in [-0.39, 0.29) is 24.1 Å². The molecule has 4 rings (SSSR count). The monoisotopic (exact) mass is 432 g/mol. The van der Waals surface area contributed by atoms with Crippen molar-refractivity contribution < 1.29 is 14.0 Å². The summed E-state index contributed by atoms with van der Waals surface area (Å²) in [4.78, 5) is 29.8. The first-order valence-corrected chi connectivity index (χ1v) is 10.8. The van der Waals surface area contributed by atoms with E-state index in [1.807, 2.05) is 35.0 Å². The van der Waals surface area contributed by atoms with Crippen LogP contribution in [0.4, 0.5) is 4.39 Å². The Bertz CT molecular complexity index is 1160. The van der Waals surface area contributed by atoms with Crippen molar-refractivity contribution in [3.05, 3.63) is 71.7 Å². The van der Waals surface area contributed by atoms with Crippen LogP contribution in [0.5, 0.6) is 0 Å². The molecule has 1 saturated heterocycles. The number of carbonyl (C=O) groups is 2. The van der Waals surface area contributed by atoms with Gasteiger partial charge in [0.25, 0.3) is 5.91 Å². The van der Waals surface area contributed by atoms with Crippen LogP contribution >= 0.6 is 0 Å². The zero-order valence-corrected chi connectivity index (χ0v) is 17.8. The Balaban J connectivity index is 1.43. The molecule has 1 fully saturated rings. The highest BCUT2D eigenvalue weighted by Crippen LogP contribution is 2.23. The van der Waals surface area contributed by atoms with Gasteiger partial charge in [-0.25, -0.2) is 4.39 Å². The molecule has 0 N–H and O–H groups in total. The Kier molecular flexibility index (Phi) is 6.62. The number of nitrogens with zero attached hydrogens (tertiary/aromatic N) is 4. The van der Waals surface area contributed by atoms with Gasteiger partial charge in [0, 0.05) is 61.0 Å². The lowest BCUT2D eigenvalue weighted by molar-refractivity contribution is 0.0761. The molecule has 0 unspecified atom stereocenters. The Morgan fingerprint density at radius 1 is 1.00 bits per heavy atom. The van der Waals surface area contributed by atoms with Gasteiger partial charge < -0.3 is 9.47 Å². The van der Waals surface area contributed by atoms with Crippen LogP contribution in [0.2, 0.25) is 0 Å². The van der Waals surface area contributed by atoms with E-state index in [1.165, 1.54) is 24.3 Å². The van der Waals surface area contributed by atoms with Crippen LogP contribution in [0.15, 0.2) is 54.7 Å². The normalized spacial score (nSPS) is 14.8. The zero-order chi connectivity index (χ0) is 22.5. The highest BCUT2D eigenvalue weighted by Gasteiger charge is 2.23. The maximum atomic E-state index is 13.2. The van der Waals surface area contributed by atoms with Gasteiger partial charge >= 0.3 is 0 Å².